The normalized spacial score (nSPS) is 33.1. The van der Waals surface area contributed by atoms with Crippen molar-refractivity contribution in [1.29, 1.82) is 0 Å². The first-order chi connectivity index (χ1) is 9.33. The largest absolute Gasteiger partial charge is 0.483 e. The van der Waals surface area contributed by atoms with Crippen LogP contribution in [0.5, 0.6) is 5.75 Å². The molecule has 2 atom stereocenters. The summed E-state index contributed by atoms with van der Waals surface area (Å²) in [7, 11) is 0. The van der Waals surface area contributed by atoms with Crippen molar-refractivity contribution in [3.8, 4) is 5.75 Å². The summed E-state index contributed by atoms with van der Waals surface area (Å²) in [5, 5.41) is 10.4. The van der Waals surface area contributed by atoms with E-state index in [1.165, 1.54) is 32.1 Å². The SMILES string of the molecule is c1n[nH]cc1O[C@@H]1COC[C@@H]1NC1CC2(CCC2)C1. The molecule has 3 fully saturated rings. The minimum Gasteiger partial charge on any atom is -0.483 e. The van der Waals surface area contributed by atoms with Crippen molar-refractivity contribution in [2.24, 2.45) is 5.41 Å². The summed E-state index contributed by atoms with van der Waals surface area (Å²) in [5.41, 5.74) is 0.720. The highest BCUT2D eigenvalue weighted by Gasteiger charge is 2.49. The Labute approximate surface area is 113 Å². The van der Waals surface area contributed by atoms with Gasteiger partial charge in [-0.15, -0.1) is 0 Å². The molecular weight excluding hydrogens is 242 g/mol. The van der Waals surface area contributed by atoms with Gasteiger partial charge in [0.1, 0.15) is 6.10 Å². The van der Waals surface area contributed by atoms with Crippen molar-refractivity contribution in [2.45, 2.75) is 50.3 Å². The molecule has 0 aromatic carbocycles. The second kappa shape index (κ2) is 4.49. The smallest absolute Gasteiger partial charge is 0.157 e. The molecule has 2 aliphatic carbocycles. The molecule has 1 aliphatic heterocycles. The van der Waals surface area contributed by atoms with Crippen molar-refractivity contribution in [3.63, 3.8) is 0 Å². The Kier molecular flexibility index (Phi) is 2.77. The Morgan fingerprint density at radius 1 is 1.37 bits per heavy atom. The van der Waals surface area contributed by atoms with E-state index in [1.807, 2.05) is 0 Å². The quantitative estimate of drug-likeness (QED) is 0.864. The molecule has 1 spiro atoms. The lowest BCUT2D eigenvalue weighted by Gasteiger charge is -2.55. The van der Waals surface area contributed by atoms with Crippen molar-refractivity contribution in [1.82, 2.24) is 15.5 Å². The van der Waals surface area contributed by atoms with E-state index < -0.39 is 0 Å². The van der Waals surface area contributed by atoms with Gasteiger partial charge >= 0.3 is 0 Å². The fourth-order valence-electron chi connectivity index (χ4n) is 3.78. The van der Waals surface area contributed by atoms with Crippen molar-refractivity contribution >= 4 is 0 Å². The minimum atomic E-state index is 0.107. The number of rotatable bonds is 4. The molecule has 4 rings (SSSR count). The molecule has 5 heteroatoms. The van der Waals surface area contributed by atoms with Gasteiger partial charge in [-0.25, -0.2) is 0 Å². The first-order valence-electron chi connectivity index (χ1n) is 7.32. The Morgan fingerprint density at radius 2 is 2.26 bits per heavy atom. The molecule has 1 aromatic heterocycles. The average Bonchev–Trinajstić information content (AvgIpc) is 2.93. The van der Waals surface area contributed by atoms with Crippen LogP contribution in [0.2, 0.25) is 0 Å². The molecule has 3 aliphatic rings. The Hall–Kier alpha value is -1.07. The second-order valence-corrected chi connectivity index (χ2v) is 6.36. The maximum absolute atomic E-state index is 5.91. The Bertz CT molecular complexity index is 422. The van der Waals surface area contributed by atoms with Crippen LogP contribution in [0.25, 0.3) is 0 Å². The number of ether oxygens (including phenoxy) is 2. The molecule has 2 N–H and O–H groups in total. The zero-order valence-electron chi connectivity index (χ0n) is 11.1. The molecule has 2 heterocycles. The van der Waals surface area contributed by atoms with Gasteiger partial charge in [0, 0.05) is 6.04 Å². The van der Waals surface area contributed by atoms with E-state index in [-0.39, 0.29) is 6.10 Å². The number of nitrogens with one attached hydrogen (secondary N) is 2. The van der Waals surface area contributed by atoms with Gasteiger partial charge in [0.25, 0.3) is 0 Å². The van der Waals surface area contributed by atoms with Gasteiger partial charge in [0.05, 0.1) is 31.6 Å². The van der Waals surface area contributed by atoms with E-state index in [4.69, 9.17) is 9.47 Å². The van der Waals surface area contributed by atoms with Crippen LogP contribution < -0.4 is 10.1 Å². The third-order valence-corrected chi connectivity index (χ3v) is 5.01. The highest BCUT2D eigenvalue weighted by atomic mass is 16.5. The fraction of sp³-hybridized carbons (Fsp3) is 0.786. The van der Waals surface area contributed by atoms with Gasteiger partial charge < -0.3 is 14.8 Å². The molecule has 0 unspecified atom stereocenters. The van der Waals surface area contributed by atoms with Crippen LogP contribution in [0.3, 0.4) is 0 Å². The summed E-state index contributed by atoms with van der Waals surface area (Å²) in [4.78, 5) is 0. The predicted molar refractivity (Wildman–Crippen MR) is 70.1 cm³/mol. The summed E-state index contributed by atoms with van der Waals surface area (Å²) in [6, 6.07) is 0.986. The first kappa shape index (κ1) is 11.7. The fourth-order valence-corrected chi connectivity index (χ4v) is 3.78. The third kappa shape index (κ3) is 2.15. The van der Waals surface area contributed by atoms with Crippen LogP contribution in [0, 0.1) is 5.41 Å². The molecule has 0 bridgehead atoms. The van der Waals surface area contributed by atoms with Gasteiger partial charge in [-0.1, -0.05) is 6.42 Å². The number of hydrogen-bond acceptors (Lipinski definition) is 4. The van der Waals surface area contributed by atoms with Gasteiger partial charge in [0.15, 0.2) is 5.75 Å². The van der Waals surface area contributed by atoms with E-state index in [1.54, 1.807) is 12.4 Å². The van der Waals surface area contributed by atoms with Crippen LogP contribution in [0.1, 0.15) is 32.1 Å². The topological polar surface area (TPSA) is 59.2 Å². The van der Waals surface area contributed by atoms with E-state index >= 15 is 0 Å². The molecule has 1 saturated heterocycles. The van der Waals surface area contributed by atoms with Gasteiger partial charge in [0.2, 0.25) is 0 Å². The van der Waals surface area contributed by atoms with E-state index in [2.05, 4.69) is 15.5 Å². The predicted octanol–water partition coefficient (Wildman–Crippen LogP) is 1.48. The summed E-state index contributed by atoms with van der Waals surface area (Å²) in [6.45, 7) is 1.42. The lowest BCUT2D eigenvalue weighted by molar-refractivity contribution is -0.0100. The lowest BCUT2D eigenvalue weighted by atomic mass is 9.54. The summed E-state index contributed by atoms with van der Waals surface area (Å²) in [6.07, 6.45) is 10.6. The summed E-state index contributed by atoms with van der Waals surface area (Å²) < 4.78 is 11.5. The van der Waals surface area contributed by atoms with Gasteiger partial charge in [-0.2, -0.15) is 5.10 Å². The molecule has 19 heavy (non-hydrogen) atoms. The standard InChI is InChI=1S/C14H21N3O2/c1-2-14(3-1)4-10(5-14)17-12-8-18-9-13(12)19-11-6-15-16-7-11/h6-7,10,12-13,17H,1-5,8-9H2,(H,15,16)/t12-,13+/m0/s1. The van der Waals surface area contributed by atoms with Crippen molar-refractivity contribution in [2.75, 3.05) is 13.2 Å². The van der Waals surface area contributed by atoms with E-state index in [9.17, 15) is 0 Å². The Morgan fingerprint density at radius 3 is 2.95 bits per heavy atom. The van der Waals surface area contributed by atoms with Gasteiger partial charge in [-0.3, -0.25) is 5.10 Å². The van der Waals surface area contributed by atoms with Crippen LogP contribution in [-0.4, -0.2) is 41.6 Å². The number of aromatic nitrogens is 2. The van der Waals surface area contributed by atoms with E-state index in [0.717, 1.165) is 17.8 Å². The monoisotopic (exact) mass is 263 g/mol. The maximum Gasteiger partial charge on any atom is 0.157 e. The van der Waals surface area contributed by atoms with Crippen LogP contribution in [0.4, 0.5) is 0 Å². The van der Waals surface area contributed by atoms with Crippen molar-refractivity contribution in [3.05, 3.63) is 12.4 Å². The summed E-state index contributed by atoms with van der Waals surface area (Å²) in [5.74, 6) is 0.798. The molecule has 0 radical (unpaired) electrons. The third-order valence-electron chi connectivity index (χ3n) is 5.01. The molecule has 1 aromatic rings. The highest BCUT2D eigenvalue weighted by molar-refractivity contribution is 5.12. The Balaban J connectivity index is 1.30. The maximum atomic E-state index is 5.91. The molecule has 2 saturated carbocycles. The zero-order chi connectivity index (χ0) is 12.7. The van der Waals surface area contributed by atoms with E-state index in [0.29, 0.717) is 18.7 Å². The van der Waals surface area contributed by atoms with Gasteiger partial charge in [-0.05, 0) is 31.1 Å². The van der Waals surface area contributed by atoms with Crippen LogP contribution in [0.15, 0.2) is 12.4 Å². The zero-order valence-corrected chi connectivity index (χ0v) is 11.1. The van der Waals surface area contributed by atoms with Crippen LogP contribution >= 0.6 is 0 Å². The number of nitrogens with zero attached hydrogens (tertiary/aromatic N) is 1. The summed E-state index contributed by atoms with van der Waals surface area (Å²) >= 11 is 0. The molecule has 5 nitrogen and oxygen atoms in total. The number of aromatic amines is 1. The van der Waals surface area contributed by atoms with Crippen molar-refractivity contribution < 1.29 is 9.47 Å². The molecule has 0 amide bonds. The van der Waals surface area contributed by atoms with Crippen LogP contribution in [-0.2, 0) is 4.74 Å². The second-order valence-electron chi connectivity index (χ2n) is 6.36. The molecule has 104 valence electrons. The molecular formula is C14H21N3O2. The first-order valence-corrected chi connectivity index (χ1v) is 7.32. The minimum absolute atomic E-state index is 0.107. The highest BCUT2D eigenvalue weighted by Crippen LogP contribution is 2.55. The average molecular weight is 263 g/mol. The lowest BCUT2D eigenvalue weighted by Crippen LogP contribution is -2.57. The number of H-pyrrole nitrogens is 1. The number of hydrogen-bond donors (Lipinski definition) is 2.